The second-order valence-electron chi connectivity index (χ2n) is 6.34. The third-order valence-electron chi connectivity index (χ3n) is 3.97. The lowest BCUT2D eigenvalue weighted by molar-refractivity contribution is -0.376. The second-order valence-corrected chi connectivity index (χ2v) is 6.34. The van der Waals surface area contributed by atoms with Gasteiger partial charge in [0.2, 0.25) is 0 Å². The molecule has 0 aliphatic carbocycles. The summed E-state index contributed by atoms with van der Waals surface area (Å²) in [5.41, 5.74) is -5.46. The maximum Gasteiger partial charge on any atom is 0.430 e. The Labute approximate surface area is 131 Å². The summed E-state index contributed by atoms with van der Waals surface area (Å²) in [6.07, 6.45) is -11.7. The summed E-state index contributed by atoms with van der Waals surface area (Å²) in [4.78, 5) is 0. The van der Waals surface area contributed by atoms with Crippen molar-refractivity contribution in [2.45, 2.75) is 51.6 Å². The fourth-order valence-corrected chi connectivity index (χ4v) is 2.97. The lowest BCUT2D eigenvalue weighted by atomic mass is 9.79. The SMILES string of the molecule is CC(C)C(c1ccc(C(O)(C(F)(F)F)C(F)(F)F)cc1)C(C)C. The van der Waals surface area contributed by atoms with Crippen LogP contribution in [0.3, 0.4) is 0 Å². The highest BCUT2D eigenvalue weighted by molar-refractivity contribution is 5.32. The minimum atomic E-state index is -5.86. The molecule has 0 aliphatic rings. The standard InChI is InChI=1S/C16H20F6O/c1-9(2)13(10(3)4)11-5-7-12(8-6-11)14(23,15(17,18)19)16(20,21)22/h5-10,13,23H,1-4H3. The summed E-state index contributed by atoms with van der Waals surface area (Å²) in [6.45, 7) is 7.72. The minimum absolute atomic E-state index is 0.00563. The van der Waals surface area contributed by atoms with Gasteiger partial charge in [-0.25, -0.2) is 0 Å². The molecule has 0 atom stereocenters. The Kier molecular flexibility index (Phi) is 5.46. The Morgan fingerprint density at radius 3 is 1.35 bits per heavy atom. The lowest BCUT2D eigenvalue weighted by Gasteiger charge is -2.33. The van der Waals surface area contributed by atoms with Gasteiger partial charge in [-0.05, 0) is 23.3 Å². The molecule has 132 valence electrons. The zero-order chi connectivity index (χ0) is 18.2. The fraction of sp³-hybridized carbons (Fsp3) is 0.625. The largest absolute Gasteiger partial charge is 0.430 e. The molecule has 0 heterocycles. The van der Waals surface area contributed by atoms with Gasteiger partial charge < -0.3 is 5.11 Å². The molecule has 0 fully saturated rings. The molecule has 0 saturated carbocycles. The van der Waals surface area contributed by atoms with E-state index in [0.29, 0.717) is 17.7 Å². The number of benzene rings is 1. The summed E-state index contributed by atoms with van der Waals surface area (Å²) >= 11 is 0. The average Bonchev–Trinajstić information content (AvgIpc) is 2.35. The van der Waals surface area contributed by atoms with Crippen molar-refractivity contribution in [3.63, 3.8) is 0 Å². The van der Waals surface area contributed by atoms with E-state index in [1.165, 1.54) is 12.1 Å². The van der Waals surface area contributed by atoms with Crippen LogP contribution in [-0.4, -0.2) is 17.5 Å². The highest BCUT2D eigenvalue weighted by atomic mass is 19.4. The molecule has 1 rings (SSSR count). The quantitative estimate of drug-likeness (QED) is 0.727. The molecule has 0 spiro atoms. The number of aliphatic hydroxyl groups is 1. The van der Waals surface area contributed by atoms with Crippen LogP contribution in [0.15, 0.2) is 24.3 Å². The van der Waals surface area contributed by atoms with Gasteiger partial charge in [-0.2, -0.15) is 26.3 Å². The molecule has 0 bridgehead atoms. The zero-order valence-electron chi connectivity index (χ0n) is 13.3. The van der Waals surface area contributed by atoms with Gasteiger partial charge in [-0.3, -0.25) is 0 Å². The third kappa shape index (κ3) is 3.65. The van der Waals surface area contributed by atoms with E-state index in [1.807, 2.05) is 27.7 Å². The molecule has 0 unspecified atom stereocenters. The van der Waals surface area contributed by atoms with Crippen LogP contribution in [0.1, 0.15) is 44.7 Å². The van der Waals surface area contributed by atoms with Gasteiger partial charge in [0.1, 0.15) is 0 Å². The molecule has 1 nitrogen and oxygen atoms in total. The number of alkyl halides is 6. The number of halogens is 6. The van der Waals surface area contributed by atoms with E-state index in [1.54, 1.807) is 0 Å². The average molecular weight is 342 g/mol. The predicted octanol–water partition coefficient (Wildman–Crippen LogP) is 5.39. The Morgan fingerprint density at radius 1 is 0.739 bits per heavy atom. The second kappa shape index (κ2) is 6.34. The van der Waals surface area contributed by atoms with Crippen molar-refractivity contribution in [2.75, 3.05) is 0 Å². The van der Waals surface area contributed by atoms with Gasteiger partial charge in [0.15, 0.2) is 0 Å². The van der Waals surface area contributed by atoms with Crippen LogP contribution in [0, 0.1) is 11.8 Å². The van der Waals surface area contributed by atoms with Crippen LogP contribution in [0.4, 0.5) is 26.3 Å². The van der Waals surface area contributed by atoms with Crippen molar-refractivity contribution >= 4 is 0 Å². The number of rotatable bonds is 4. The van der Waals surface area contributed by atoms with E-state index in [4.69, 9.17) is 0 Å². The highest BCUT2D eigenvalue weighted by Crippen LogP contribution is 2.50. The first-order valence-corrected chi connectivity index (χ1v) is 7.19. The summed E-state index contributed by atoms with van der Waals surface area (Å²) in [7, 11) is 0. The van der Waals surface area contributed by atoms with Crippen molar-refractivity contribution in [1.29, 1.82) is 0 Å². The molecule has 0 aliphatic heterocycles. The van der Waals surface area contributed by atoms with Gasteiger partial charge in [-0.15, -0.1) is 0 Å². The molecule has 0 radical (unpaired) electrons. The van der Waals surface area contributed by atoms with Gasteiger partial charge in [0, 0.05) is 5.56 Å². The zero-order valence-corrected chi connectivity index (χ0v) is 13.3. The Bertz CT molecular complexity index is 491. The Morgan fingerprint density at radius 2 is 1.09 bits per heavy atom. The van der Waals surface area contributed by atoms with Crippen molar-refractivity contribution in [3.05, 3.63) is 35.4 Å². The summed E-state index contributed by atoms with van der Waals surface area (Å²) in [5.74, 6) is 0.337. The van der Waals surface area contributed by atoms with Gasteiger partial charge >= 0.3 is 12.4 Å². The van der Waals surface area contributed by atoms with Crippen LogP contribution in [0.25, 0.3) is 0 Å². The third-order valence-corrected chi connectivity index (χ3v) is 3.97. The van der Waals surface area contributed by atoms with Crippen molar-refractivity contribution in [2.24, 2.45) is 11.8 Å². The lowest BCUT2D eigenvalue weighted by Crippen LogP contribution is -2.53. The van der Waals surface area contributed by atoms with Crippen LogP contribution < -0.4 is 0 Å². The molecule has 1 N–H and O–H groups in total. The Balaban J connectivity index is 3.36. The first kappa shape index (κ1) is 19.8. The van der Waals surface area contributed by atoms with E-state index in [9.17, 15) is 31.4 Å². The molecule has 0 amide bonds. The minimum Gasteiger partial charge on any atom is -0.369 e. The molecule has 7 heteroatoms. The highest BCUT2D eigenvalue weighted by Gasteiger charge is 2.71. The van der Waals surface area contributed by atoms with Gasteiger partial charge in [0.05, 0.1) is 0 Å². The molecule has 0 aromatic heterocycles. The van der Waals surface area contributed by atoms with Crippen LogP contribution >= 0.6 is 0 Å². The summed E-state index contributed by atoms with van der Waals surface area (Å²) in [6, 6.07) is 3.85. The molecule has 23 heavy (non-hydrogen) atoms. The maximum absolute atomic E-state index is 12.8. The molecular weight excluding hydrogens is 322 g/mol. The van der Waals surface area contributed by atoms with E-state index < -0.39 is 23.5 Å². The summed E-state index contributed by atoms with van der Waals surface area (Å²) < 4.78 is 77.0. The predicted molar refractivity (Wildman–Crippen MR) is 74.9 cm³/mol. The van der Waals surface area contributed by atoms with Gasteiger partial charge in [0.25, 0.3) is 5.60 Å². The van der Waals surface area contributed by atoms with Crippen molar-refractivity contribution in [1.82, 2.24) is 0 Å². The normalized spacial score (nSPS) is 14.2. The van der Waals surface area contributed by atoms with E-state index in [0.717, 1.165) is 0 Å². The first-order chi connectivity index (χ1) is 10.2. The van der Waals surface area contributed by atoms with Gasteiger partial charge in [-0.1, -0.05) is 52.0 Å². The molecule has 1 aromatic rings. The van der Waals surface area contributed by atoms with Crippen LogP contribution in [0.2, 0.25) is 0 Å². The van der Waals surface area contributed by atoms with Crippen molar-refractivity contribution < 1.29 is 31.4 Å². The van der Waals surface area contributed by atoms with E-state index in [2.05, 4.69) is 0 Å². The fourth-order valence-electron chi connectivity index (χ4n) is 2.97. The molecular formula is C16H20F6O. The molecule has 0 saturated heterocycles. The maximum atomic E-state index is 12.8. The van der Waals surface area contributed by atoms with Crippen LogP contribution in [-0.2, 0) is 5.60 Å². The number of hydrogen-bond donors (Lipinski definition) is 1. The smallest absolute Gasteiger partial charge is 0.369 e. The summed E-state index contributed by atoms with van der Waals surface area (Å²) in [5, 5.41) is 9.35. The van der Waals surface area contributed by atoms with Crippen molar-refractivity contribution in [3.8, 4) is 0 Å². The van der Waals surface area contributed by atoms with E-state index in [-0.39, 0.29) is 17.8 Å². The van der Waals surface area contributed by atoms with Crippen LogP contribution in [0.5, 0.6) is 0 Å². The monoisotopic (exact) mass is 342 g/mol. The number of hydrogen-bond acceptors (Lipinski definition) is 1. The molecule has 1 aromatic carbocycles. The van der Waals surface area contributed by atoms with E-state index >= 15 is 0 Å². The first-order valence-electron chi connectivity index (χ1n) is 7.19. The Hall–Kier alpha value is -1.24. The topological polar surface area (TPSA) is 20.2 Å².